The molecule has 2 aromatic carbocycles. The number of pyridine rings is 1. The molecule has 1 aromatic heterocycles. The van der Waals surface area contributed by atoms with Crippen LogP contribution >= 0.6 is 0 Å². The van der Waals surface area contributed by atoms with Gasteiger partial charge >= 0.3 is 11.8 Å². The number of anilines is 1. The van der Waals surface area contributed by atoms with E-state index in [0.717, 1.165) is 21.9 Å². The SMILES string of the molecule is Cc1ccc2ccccc2c1NC(=O)C(=O)NCc1cccnc1. The van der Waals surface area contributed by atoms with E-state index in [-0.39, 0.29) is 6.54 Å². The van der Waals surface area contributed by atoms with Crippen LogP contribution in [0.4, 0.5) is 5.69 Å². The minimum absolute atomic E-state index is 0.259. The lowest BCUT2D eigenvalue weighted by molar-refractivity contribution is -0.136. The normalized spacial score (nSPS) is 10.4. The fourth-order valence-electron chi connectivity index (χ4n) is 2.48. The second-order valence-corrected chi connectivity index (χ2v) is 5.48. The van der Waals surface area contributed by atoms with Crippen molar-refractivity contribution in [3.8, 4) is 0 Å². The molecule has 0 aliphatic heterocycles. The summed E-state index contributed by atoms with van der Waals surface area (Å²) in [5, 5.41) is 7.23. The minimum Gasteiger partial charge on any atom is -0.344 e. The van der Waals surface area contributed by atoms with Gasteiger partial charge in [-0.1, -0.05) is 42.5 Å². The molecule has 24 heavy (non-hydrogen) atoms. The summed E-state index contributed by atoms with van der Waals surface area (Å²) in [4.78, 5) is 28.2. The summed E-state index contributed by atoms with van der Waals surface area (Å²) < 4.78 is 0. The van der Waals surface area contributed by atoms with Gasteiger partial charge in [0.25, 0.3) is 0 Å². The maximum atomic E-state index is 12.2. The van der Waals surface area contributed by atoms with E-state index in [9.17, 15) is 9.59 Å². The van der Waals surface area contributed by atoms with Crippen LogP contribution in [0.1, 0.15) is 11.1 Å². The lowest BCUT2D eigenvalue weighted by Crippen LogP contribution is -2.35. The van der Waals surface area contributed by atoms with E-state index in [1.165, 1.54) is 0 Å². The van der Waals surface area contributed by atoms with E-state index in [0.29, 0.717) is 5.69 Å². The molecule has 2 N–H and O–H groups in total. The van der Waals surface area contributed by atoms with Crippen LogP contribution in [-0.4, -0.2) is 16.8 Å². The zero-order chi connectivity index (χ0) is 16.9. The Labute approximate surface area is 139 Å². The number of carbonyl (C=O) groups excluding carboxylic acids is 2. The Morgan fingerprint density at radius 1 is 1.00 bits per heavy atom. The van der Waals surface area contributed by atoms with E-state index >= 15 is 0 Å². The van der Waals surface area contributed by atoms with Gasteiger partial charge < -0.3 is 10.6 Å². The smallest absolute Gasteiger partial charge is 0.313 e. The molecule has 120 valence electrons. The molecule has 0 fully saturated rings. The fraction of sp³-hybridized carbons (Fsp3) is 0.105. The molecule has 1 heterocycles. The first-order valence-electron chi connectivity index (χ1n) is 7.61. The first-order chi connectivity index (χ1) is 11.6. The van der Waals surface area contributed by atoms with Gasteiger partial charge in [0.15, 0.2) is 0 Å². The Hall–Kier alpha value is -3.21. The van der Waals surface area contributed by atoms with E-state index in [4.69, 9.17) is 0 Å². The van der Waals surface area contributed by atoms with Crippen LogP contribution in [0.3, 0.4) is 0 Å². The van der Waals surface area contributed by atoms with E-state index < -0.39 is 11.8 Å². The lowest BCUT2D eigenvalue weighted by Gasteiger charge is -2.12. The van der Waals surface area contributed by atoms with Crippen LogP contribution in [0.5, 0.6) is 0 Å². The van der Waals surface area contributed by atoms with Gasteiger partial charge in [-0.25, -0.2) is 0 Å². The van der Waals surface area contributed by atoms with E-state index in [1.807, 2.05) is 49.4 Å². The van der Waals surface area contributed by atoms with Crippen molar-refractivity contribution in [1.82, 2.24) is 10.3 Å². The van der Waals surface area contributed by atoms with Gasteiger partial charge in [0.2, 0.25) is 0 Å². The van der Waals surface area contributed by atoms with Gasteiger partial charge in [0.1, 0.15) is 0 Å². The Balaban J connectivity index is 1.73. The van der Waals surface area contributed by atoms with Gasteiger partial charge in [0, 0.05) is 24.3 Å². The van der Waals surface area contributed by atoms with Crippen LogP contribution in [0.15, 0.2) is 60.9 Å². The van der Waals surface area contributed by atoms with Crippen molar-refractivity contribution < 1.29 is 9.59 Å². The van der Waals surface area contributed by atoms with Gasteiger partial charge in [-0.15, -0.1) is 0 Å². The minimum atomic E-state index is -0.682. The van der Waals surface area contributed by atoms with Gasteiger partial charge in [0.05, 0.1) is 5.69 Å². The Morgan fingerprint density at radius 3 is 2.62 bits per heavy atom. The largest absolute Gasteiger partial charge is 0.344 e. The zero-order valence-corrected chi connectivity index (χ0v) is 13.2. The molecule has 5 heteroatoms. The predicted molar refractivity (Wildman–Crippen MR) is 93.4 cm³/mol. The van der Waals surface area contributed by atoms with Crippen molar-refractivity contribution >= 4 is 28.3 Å². The summed E-state index contributed by atoms with van der Waals surface area (Å²) in [6.07, 6.45) is 3.30. The van der Waals surface area contributed by atoms with Gasteiger partial charge in [-0.2, -0.15) is 0 Å². The highest BCUT2D eigenvalue weighted by Crippen LogP contribution is 2.26. The summed E-state index contributed by atoms with van der Waals surface area (Å²) in [6.45, 7) is 2.16. The van der Waals surface area contributed by atoms with Crippen molar-refractivity contribution in [1.29, 1.82) is 0 Å². The number of nitrogens with zero attached hydrogens (tertiary/aromatic N) is 1. The van der Waals surface area contributed by atoms with Gasteiger partial charge in [-0.05, 0) is 29.5 Å². The standard InChI is InChI=1S/C19H17N3O2/c1-13-8-9-15-6-2-3-7-16(15)17(13)22-19(24)18(23)21-12-14-5-4-10-20-11-14/h2-11H,12H2,1H3,(H,21,23)(H,22,24). The molecule has 3 rings (SSSR count). The molecule has 0 aliphatic rings. The molecule has 0 atom stereocenters. The van der Waals surface area contributed by atoms with Crippen LogP contribution < -0.4 is 10.6 Å². The van der Waals surface area contributed by atoms with Crippen molar-refractivity contribution in [2.24, 2.45) is 0 Å². The number of aryl methyl sites for hydroxylation is 1. The second kappa shape index (κ2) is 6.91. The van der Waals surface area contributed by atoms with Crippen LogP contribution in [0, 0.1) is 6.92 Å². The summed E-state index contributed by atoms with van der Waals surface area (Å²) in [5.74, 6) is -1.36. The third kappa shape index (κ3) is 3.41. The first-order valence-corrected chi connectivity index (χ1v) is 7.61. The molecule has 0 aliphatic carbocycles. The van der Waals surface area contributed by atoms with Crippen LogP contribution in [0.25, 0.3) is 10.8 Å². The molecule has 0 radical (unpaired) electrons. The zero-order valence-electron chi connectivity index (χ0n) is 13.2. The number of hydrogen-bond acceptors (Lipinski definition) is 3. The number of amides is 2. The number of benzene rings is 2. The molecule has 0 bridgehead atoms. The number of hydrogen-bond donors (Lipinski definition) is 2. The molecule has 0 saturated heterocycles. The van der Waals surface area contributed by atoms with E-state index in [2.05, 4.69) is 15.6 Å². The van der Waals surface area contributed by atoms with Crippen LogP contribution in [-0.2, 0) is 16.1 Å². The average molecular weight is 319 g/mol. The summed E-state index contributed by atoms with van der Waals surface area (Å²) in [7, 11) is 0. The Bertz CT molecular complexity index is 892. The highest BCUT2D eigenvalue weighted by Gasteiger charge is 2.15. The predicted octanol–water partition coefficient (Wildman–Crippen LogP) is 2.80. The third-order valence-electron chi connectivity index (χ3n) is 3.76. The van der Waals surface area contributed by atoms with Crippen molar-refractivity contribution in [3.63, 3.8) is 0 Å². The van der Waals surface area contributed by atoms with Crippen molar-refractivity contribution in [2.45, 2.75) is 13.5 Å². The molecular weight excluding hydrogens is 302 g/mol. The number of carbonyl (C=O) groups is 2. The Morgan fingerprint density at radius 2 is 1.83 bits per heavy atom. The molecule has 0 saturated carbocycles. The molecule has 5 nitrogen and oxygen atoms in total. The number of nitrogens with one attached hydrogen (secondary N) is 2. The topological polar surface area (TPSA) is 71.1 Å². The molecule has 0 spiro atoms. The number of aromatic nitrogens is 1. The van der Waals surface area contributed by atoms with Crippen molar-refractivity contribution in [2.75, 3.05) is 5.32 Å². The molecule has 2 amide bonds. The van der Waals surface area contributed by atoms with E-state index in [1.54, 1.807) is 18.5 Å². The fourth-order valence-corrected chi connectivity index (χ4v) is 2.48. The van der Waals surface area contributed by atoms with Crippen LogP contribution in [0.2, 0.25) is 0 Å². The summed E-state index contributed by atoms with van der Waals surface area (Å²) in [5.41, 5.74) is 2.40. The third-order valence-corrected chi connectivity index (χ3v) is 3.76. The average Bonchev–Trinajstić information content (AvgIpc) is 2.63. The van der Waals surface area contributed by atoms with Gasteiger partial charge in [-0.3, -0.25) is 14.6 Å². The molecule has 3 aromatic rings. The monoisotopic (exact) mass is 319 g/mol. The maximum Gasteiger partial charge on any atom is 0.313 e. The maximum absolute atomic E-state index is 12.2. The number of rotatable bonds is 3. The summed E-state index contributed by atoms with van der Waals surface area (Å²) in [6, 6.07) is 15.2. The molecular formula is C19H17N3O2. The molecule has 0 unspecified atom stereocenters. The highest BCUT2D eigenvalue weighted by atomic mass is 16.2. The second-order valence-electron chi connectivity index (χ2n) is 5.48. The number of fused-ring (bicyclic) bond motifs is 1. The Kier molecular flexibility index (Phi) is 4.52. The first kappa shape index (κ1) is 15.7. The summed E-state index contributed by atoms with van der Waals surface area (Å²) >= 11 is 0. The lowest BCUT2D eigenvalue weighted by atomic mass is 10.0. The van der Waals surface area contributed by atoms with Crippen molar-refractivity contribution in [3.05, 3.63) is 72.1 Å². The quantitative estimate of drug-likeness (QED) is 0.729. The highest BCUT2D eigenvalue weighted by molar-refractivity contribution is 6.40.